The number of hydrogen-bond donors (Lipinski definition) is 2. The number of aromatic nitrogens is 3. The standard InChI is InChI=1S/C59H81N11O8/c1-12-50(71)69-35-59(78-39(69)6)21-24-67(25-22-59)57(75)65(10)52(37(3)4)54(72)62-48-31-41-16-14-17-46(61-41)40-19-20-49-43(30-40)45(33-58(7,8)36-77-56(74)47-18-15-23-70(63-47)55(48)73)53(68(49)13-2)44-32-42(34-60-51(44)38(5)76-11)66-28-26-64(9)27-29-66/h12,14,16-17,19-20,30,32,34,37-39,47-48,52,63H,1,13,15,18,21-29,31,33,35-36H2,2-11H3,(H,62,72)/t38-,39+,47-,48-,52-/m0/s1. The Labute approximate surface area is 459 Å². The zero-order valence-corrected chi connectivity index (χ0v) is 47.5. The number of nitrogens with zero attached hydrogens (tertiary/aromatic N) is 9. The molecule has 0 radical (unpaired) electrons. The quantitative estimate of drug-likeness (QED) is 0.135. The number of cyclic esters (lactones) is 1. The predicted molar refractivity (Wildman–Crippen MR) is 299 cm³/mol. The number of urea groups is 1. The normalized spacial score (nSPS) is 22.8. The number of carbonyl (C=O) groups is 5. The fourth-order valence-electron chi connectivity index (χ4n) is 12.3. The molecule has 19 heteroatoms. The van der Waals surface area contributed by atoms with Crippen molar-refractivity contribution in [1.29, 1.82) is 0 Å². The first-order valence-electron chi connectivity index (χ1n) is 28.0. The molecule has 6 bridgehead atoms. The number of methoxy groups -OCH3 is 1. The predicted octanol–water partition coefficient (Wildman–Crippen LogP) is 6.19. The highest BCUT2D eigenvalue weighted by atomic mass is 16.5. The number of pyridine rings is 2. The maximum absolute atomic E-state index is 14.9. The molecule has 4 aromatic rings. The van der Waals surface area contributed by atoms with Crippen molar-refractivity contribution < 1.29 is 38.2 Å². The van der Waals surface area contributed by atoms with Crippen molar-refractivity contribution in [2.24, 2.45) is 11.3 Å². The molecule has 0 saturated carbocycles. The highest BCUT2D eigenvalue weighted by Gasteiger charge is 2.48. The zero-order valence-electron chi connectivity index (χ0n) is 47.5. The summed E-state index contributed by atoms with van der Waals surface area (Å²) >= 11 is 0. The Morgan fingerprint density at radius 1 is 1.03 bits per heavy atom. The van der Waals surface area contributed by atoms with Crippen LogP contribution >= 0.6 is 0 Å². The van der Waals surface area contributed by atoms with Crippen molar-refractivity contribution in [2.45, 2.75) is 130 Å². The summed E-state index contributed by atoms with van der Waals surface area (Å²) in [6.07, 6.45) is 5.16. The van der Waals surface area contributed by atoms with Crippen LogP contribution in [0.4, 0.5) is 10.5 Å². The summed E-state index contributed by atoms with van der Waals surface area (Å²) in [5.74, 6) is -1.92. The number of amides is 5. The number of hydrazine groups is 1. The Morgan fingerprint density at radius 3 is 2.46 bits per heavy atom. The number of esters is 1. The van der Waals surface area contributed by atoms with Crippen LogP contribution in [0.2, 0.25) is 0 Å². The van der Waals surface area contributed by atoms with Crippen molar-refractivity contribution in [3.8, 4) is 22.5 Å². The Hall–Kier alpha value is -6.41. The molecule has 5 aliphatic heterocycles. The van der Waals surface area contributed by atoms with Gasteiger partial charge in [0.2, 0.25) is 11.8 Å². The third-order valence-corrected chi connectivity index (χ3v) is 16.7. The van der Waals surface area contributed by atoms with E-state index in [-0.39, 0.29) is 37.0 Å². The van der Waals surface area contributed by atoms with Gasteiger partial charge in [0.1, 0.15) is 24.4 Å². The smallest absolute Gasteiger partial charge is 0.324 e. The van der Waals surface area contributed by atoms with E-state index >= 15 is 0 Å². The summed E-state index contributed by atoms with van der Waals surface area (Å²) < 4.78 is 20.9. The Bertz CT molecular complexity index is 2900. The molecular formula is C59H81N11O8. The molecule has 2 N–H and O–H groups in total. The van der Waals surface area contributed by atoms with E-state index in [9.17, 15) is 24.0 Å². The maximum atomic E-state index is 14.9. The Kier molecular flexibility index (Phi) is 16.7. The topological polar surface area (TPSA) is 187 Å². The third kappa shape index (κ3) is 11.5. The fraction of sp³-hybridized carbons (Fsp3) is 0.576. The van der Waals surface area contributed by atoms with Crippen LogP contribution in [0.3, 0.4) is 0 Å². The van der Waals surface area contributed by atoms with Crippen LogP contribution in [-0.4, -0.2) is 179 Å². The minimum Gasteiger partial charge on any atom is -0.464 e. The monoisotopic (exact) mass is 1070 g/mol. The van der Waals surface area contributed by atoms with Gasteiger partial charge >= 0.3 is 12.0 Å². The summed E-state index contributed by atoms with van der Waals surface area (Å²) in [5.41, 5.74) is 10.3. The van der Waals surface area contributed by atoms with E-state index in [1.165, 1.54) is 16.0 Å². The first kappa shape index (κ1) is 56.3. The lowest BCUT2D eigenvalue weighted by Gasteiger charge is -2.41. The number of ether oxygens (including phenoxy) is 3. The molecule has 4 fully saturated rings. The summed E-state index contributed by atoms with van der Waals surface area (Å²) in [4.78, 5) is 90.7. The first-order valence-corrected chi connectivity index (χ1v) is 28.0. The average molecular weight is 1070 g/mol. The number of likely N-dealkylation sites (N-methyl/N-ethyl adjacent to an activating group) is 2. The molecule has 5 atom stereocenters. The highest BCUT2D eigenvalue weighted by Crippen LogP contribution is 2.43. The molecule has 3 aromatic heterocycles. The molecule has 0 unspecified atom stereocenters. The van der Waals surface area contributed by atoms with Crippen LogP contribution in [0.1, 0.15) is 97.2 Å². The molecular weight excluding hydrogens is 991 g/mol. The van der Waals surface area contributed by atoms with Crippen LogP contribution in [0, 0.1) is 11.3 Å². The maximum Gasteiger partial charge on any atom is 0.324 e. The van der Waals surface area contributed by atoms with Gasteiger partial charge in [-0.25, -0.2) is 10.2 Å². The van der Waals surface area contributed by atoms with E-state index in [2.05, 4.69) is 83.8 Å². The summed E-state index contributed by atoms with van der Waals surface area (Å²) in [5, 5.41) is 5.55. The molecule has 420 valence electrons. The third-order valence-electron chi connectivity index (χ3n) is 16.7. The number of hydrogen-bond acceptors (Lipinski definition) is 13. The molecule has 1 spiro atoms. The van der Waals surface area contributed by atoms with E-state index in [1.54, 1.807) is 24.0 Å². The van der Waals surface area contributed by atoms with E-state index in [4.69, 9.17) is 24.2 Å². The zero-order chi connectivity index (χ0) is 55.8. The SMILES string of the molecule is C=CC(=O)N1CC2(CCN(C(=O)N(C)[C@H](C(=O)N[C@H]3Cc4cccc(n4)-c4ccc5c(c4)c(c(-c4cc(N6CCN(C)CC6)cnc4[C@H](C)OC)n5CC)CC(C)(C)COC(=O)[C@@H]4CCCN(N4)C3=O)C(C)C)CC2)O[C@@H]1C. The van der Waals surface area contributed by atoms with E-state index in [1.807, 2.05) is 52.1 Å². The van der Waals surface area contributed by atoms with Crippen molar-refractivity contribution in [1.82, 2.24) is 49.9 Å². The van der Waals surface area contributed by atoms with Gasteiger partial charge in [0, 0.05) is 106 Å². The number of aryl methyl sites for hydroxylation is 1. The van der Waals surface area contributed by atoms with Gasteiger partial charge < -0.3 is 48.6 Å². The number of likely N-dealkylation sites (tertiary alicyclic amines) is 1. The van der Waals surface area contributed by atoms with Gasteiger partial charge in [-0.1, -0.05) is 46.4 Å². The van der Waals surface area contributed by atoms with Crippen molar-refractivity contribution in [2.75, 3.05) is 85.1 Å². The van der Waals surface area contributed by atoms with Crippen LogP contribution in [0.25, 0.3) is 33.4 Å². The molecule has 4 saturated heterocycles. The summed E-state index contributed by atoms with van der Waals surface area (Å²) in [6, 6.07) is 11.3. The second kappa shape index (κ2) is 23.1. The van der Waals surface area contributed by atoms with E-state index in [0.29, 0.717) is 76.2 Å². The van der Waals surface area contributed by atoms with Crippen LogP contribution < -0.4 is 15.6 Å². The molecule has 5 amide bonds. The lowest BCUT2D eigenvalue weighted by molar-refractivity contribution is -0.155. The molecule has 8 heterocycles. The second-order valence-corrected chi connectivity index (χ2v) is 23.3. The minimum atomic E-state index is -1.13. The van der Waals surface area contributed by atoms with Gasteiger partial charge in [-0.2, -0.15) is 0 Å². The lowest BCUT2D eigenvalue weighted by atomic mass is 9.84. The van der Waals surface area contributed by atoms with Crippen molar-refractivity contribution in [3.05, 3.63) is 78.3 Å². The molecule has 5 aliphatic rings. The minimum absolute atomic E-state index is 0.0291. The highest BCUT2D eigenvalue weighted by molar-refractivity contribution is 5.96. The number of nitrogens with one attached hydrogen (secondary N) is 2. The molecule has 0 aliphatic carbocycles. The molecule has 1 aromatic carbocycles. The van der Waals surface area contributed by atoms with E-state index in [0.717, 1.165) is 70.8 Å². The van der Waals surface area contributed by atoms with Crippen LogP contribution in [0.15, 0.2) is 61.3 Å². The van der Waals surface area contributed by atoms with Crippen molar-refractivity contribution in [3.63, 3.8) is 0 Å². The molecule has 9 rings (SSSR count). The van der Waals surface area contributed by atoms with Gasteiger partial charge in [-0.3, -0.25) is 34.2 Å². The number of anilines is 1. The number of benzene rings is 1. The van der Waals surface area contributed by atoms with Gasteiger partial charge in [0.15, 0.2) is 0 Å². The van der Waals surface area contributed by atoms with Gasteiger partial charge in [-0.15, -0.1) is 0 Å². The first-order chi connectivity index (χ1) is 37.2. The number of rotatable bonds is 10. The van der Waals surface area contributed by atoms with Gasteiger partial charge in [0.25, 0.3) is 5.91 Å². The molecule has 78 heavy (non-hydrogen) atoms. The average Bonchev–Trinajstić information content (AvgIpc) is 4.12. The second-order valence-electron chi connectivity index (χ2n) is 23.3. The lowest BCUT2D eigenvalue weighted by Crippen LogP contribution is -2.62. The number of carbonyl (C=O) groups excluding carboxylic acids is 5. The van der Waals surface area contributed by atoms with Crippen LogP contribution in [-0.2, 0) is 52.8 Å². The number of fused-ring (bicyclic) bond motifs is 6. The largest absolute Gasteiger partial charge is 0.464 e. The van der Waals surface area contributed by atoms with E-state index < -0.39 is 53.2 Å². The van der Waals surface area contributed by atoms with Gasteiger partial charge in [-0.05, 0) is 108 Å². The number of piperidine rings is 1. The Balaban J connectivity index is 1.06. The molecule has 19 nitrogen and oxygen atoms in total. The van der Waals surface area contributed by atoms with Gasteiger partial charge in [0.05, 0.1) is 53.8 Å². The fourth-order valence-corrected chi connectivity index (χ4v) is 12.3. The Morgan fingerprint density at radius 2 is 1.77 bits per heavy atom. The number of piperazine rings is 1. The summed E-state index contributed by atoms with van der Waals surface area (Å²) in [6.45, 7) is 23.6. The van der Waals surface area contributed by atoms with Crippen molar-refractivity contribution >= 4 is 46.3 Å². The summed E-state index contributed by atoms with van der Waals surface area (Å²) in [7, 11) is 5.49. The van der Waals surface area contributed by atoms with Crippen LogP contribution in [0.5, 0.6) is 0 Å².